The predicted molar refractivity (Wildman–Crippen MR) is 115 cm³/mol. The number of amides is 1. The number of sulfonamides is 1. The van der Waals surface area contributed by atoms with Gasteiger partial charge in [0.15, 0.2) is 0 Å². The molecule has 1 unspecified atom stereocenters. The summed E-state index contributed by atoms with van der Waals surface area (Å²) in [5.74, 6) is -0.0453. The number of rotatable bonds is 10. The molecular weight excluding hydrogens is 440 g/mol. The molecule has 5 nitrogen and oxygen atoms in total. The van der Waals surface area contributed by atoms with E-state index in [0.29, 0.717) is 13.1 Å². The van der Waals surface area contributed by atoms with Crippen LogP contribution in [0.1, 0.15) is 44.7 Å². The first kappa shape index (κ1) is 22.6. The molecule has 1 atom stereocenters. The fourth-order valence-electron chi connectivity index (χ4n) is 2.99. The van der Waals surface area contributed by atoms with Crippen LogP contribution >= 0.6 is 15.9 Å². The summed E-state index contributed by atoms with van der Waals surface area (Å²) in [6.07, 6.45) is 1.82. The van der Waals surface area contributed by atoms with E-state index in [4.69, 9.17) is 0 Å². The topological polar surface area (TPSA) is 66.5 Å². The van der Waals surface area contributed by atoms with E-state index < -0.39 is 16.1 Å². The molecule has 0 aromatic heterocycles. The van der Waals surface area contributed by atoms with Crippen molar-refractivity contribution in [3.63, 3.8) is 0 Å². The van der Waals surface area contributed by atoms with Gasteiger partial charge in [0.1, 0.15) is 0 Å². The van der Waals surface area contributed by atoms with Gasteiger partial charge in [-0.25, -0.2) is 13.1 Å². The van der Waals surface area contributed by atoms with Gasteiger partial charge in [0.05, 0.1) is 10.9 Å². The number of hydrogen-bond acceptors (Lipinski definition) is 3. The van der Waals surface area contributed by atoms with Crippen LogP contribution in [-0.4, -0.2) is 32.3 Å². The first-order valence-corrected chi connectivity index (χ1v) is 11.8. The zero-order valence-electron chi connectivity index (χ0n) is 16.3. The number of halogens is 1. The highest BCUT2D eigenvalue weighted by Gasteiger charge is 2.25. The minimum atomic E-state index is -3.76. The van der Waals surface area contributed by atoms with Crippen molar-refractivity contribution in [3.8, 4) is 0 Å². The Hall–Kier alpha value is -1.70. The van der Waals surface area contributed by atoms with Crippen LogP contribution < -0.4 is 4.72 Å². The van der Waals surface area contributed by atoms with Gasteiger partial charge in [0, 0.05) is 24.0 Å². The number of carbonyl (C=O) groups excluding carboxylic acids is 1. The van der Waals surface area contributed by atoms with Gasteiger partial charge >= 0.3 is 0 Å². The molecule has 0 radical (unpaired) electrons. The number of nitrogens with zero attached hydrogens (tertiary/aromatic N) is 1. The summed E-state index contributed by atoms with van der Waals surface area (Å²) in [4.78, 5) is 14.8. The van der Waals surface area contributed by atoms with E-state index in [1.54, 1.807) is 12.1 Å². The van der Waals surface area contributed by atoms with Crippen molar-refractivity contribution in [2.75, 3.05) is 13.1 Å². The third-order valence-corrected chi connectivity index (χ3v) is 6.36. The summed E-state index contributed by atoms with van der Waals surface area (Å²) in [5, 5.41) is 0. The van der Waals surface area contributed by atoms with Gasteiger partial charge in [-0.1, -0.05) is 60.1 Å². The van der Waals surface area contributed by atoms with Crippen molar-refractivity contribution in [1.29, 1.82) is 0 Å². The van der Waals surface area contributed by atoms with Gasteiger partial charge < -0.3 is 4.90 Å². The SMILES string of the molecule is CCCN(CCC)C(=O)CC(NS(=O)(=O)c1ccc(Br)cc1)c1ccccc1. The van der Waals surface area contributed by atoms with Crippen LogP contribution in [0.5, 0.6) is 0 Å². The lowest BCUT2D eigenvalue weighted by atomic mass is 10.0. The normalized spacial score (nSPS) is 12.5. The Bertz CT molecular complexity index is 849. The molecule has 0 saturated heterocycles. The van der Waals surface area contributed by atoms with E-state index in [2.05, 4.69) is 20.7 Å². The lowest BCUT2D eigenvalue weighted by molar-refractivity contribution is -0.131. The van der Waals surface area contributed by atoms with Gasteiger partial charge in [-0.3, -0.25) is 4.79 Å². The summed E-state index contributed by atoms with van der Waals surface area (Å²) in [7, 11) is -3.76. The molecule has 0 spiro atoms. The highest BCUT2D eigenvalue weighted by molar-refractivity contribution is 9.10. The lowest BCUT2D eigenvalue weighted by Gasteiger charge is -2.25. The smallest absolute Gasteiger partial charge is 0.241 e. The van der Waals surface area contributed by atoms with Crippen LogP contribution in [-0.2, 0) is 14.8 Å². The molecule has 7 heteroatoms. The second-order valence-corrected chi connectivity index (χ2v) is 9.25. The third-order valence-electron chi connectivity index (χ3n) is 4.34. The molecule has 0 aliphatic rings. The second kappa shape index (κ2) is 10.7. The van der Waals surface area contributed by atoms with Gasteiger partial charge in [0.2, 0.25) is 15.9 Å². The molecule has 0 fully saturated rings. The van der Waals surface area contributed by atoms with Crippen molar-refractivity contribution in [3.05, 3.63) is 64.6 Å². The van der Waals surface area contributed by atoms with Crippen LogP contribution in [0.2, 0.25) is 0 Å². The summed E-state index contributed by atoms with van der Waals surface area (Å²) in [5.41, 5.74) is 0.768. The summed E-state index contributed by atoms with van der Waals surface area (Å²) in [6, 6.07) is 15.0. The maximum atomic E-state index is 12.9. The molecule has 28 heavy (non-hydrogen) atoms. The Balaban J connectivity index is 2.27. The van der Waals surface area contributed by atoms with Gasteiger partial charge in [-0.2, -0.15) is 0 Å². The minimum Gasteiger partial charge on any atom is -0.343 e. The quantitative estimate of drug-likeness (QED) is 0.559. The Morgan fingerprint density at radius 1 is 1.00 bits per heavy atom. The van der Waals surface area contributed by atoms with E-state index in [-0.39, 0.29) is 17.2 Å². The molecule has 0 saturated carbocycles. The minimum absolute atomic E-state index is 0.0453. The first-order valence-electron chi connectivity index (χ1n) is 9.48. The zero-order valence-corrected chi connectivity index (χ0v) is 18.7. The van der Waals surface area contributed by atoms with Crippen molar-refractivity contribution >= 4 is 31.9 Å². The van der Waals surface area contributed by atoms with E-state index in [1.807, 2.05) is 49.1 Å². The molecule has 2 rings (SSSR count). The van der Waals surface area contributed by atoms with E-state index in [1.165, 1.54) is 12.1 Å². The third kappa shape index (κ3) is 6.43. The summed E-state index contributed by atoms with van der Waals surface area (Å²) in [6.45, 7) is 5.41. The number of benzene rings is 2. The number of nitrogens with one attached hydrogen (secondary N) is 1. The maximum Gasteiger partial charge on any atom is 0.241 e. The van der Waals surface area contributed by atoms with Crippen LogP contribution in [0.15, 0.2) is 64.0 Å². The van der Waals surface area contributed by atoms with Gasteiger partial charge in [0.25, 0.3) is 0 Å². The van der Waals surface area contributed by atoms with E-state index >= 15 is 0 Å². The molecule has 0 bridgehead atoms. The average Bonchev–Trinajstić information content (AvgIpc) is 2.68. The summed E-state index contributed by atoms with van der Waals surface area (Å²) >= 11 is 3.31. The van der Waals surface area contributed by atoms with E-state index in [0.717, 1.165) is 22.9 Å². The molecule has 2 aromatic rings. The zero-order chi connectivity index (χ0) is 20.6. The van der Waals surface area contributed by atoms with Crippen molar-refractivity contribution in [1.82, 2.24) is 9.62 Å². The Labute approximate surface area is 176 Å². The maximum absolute atomic E-state index is 12.9. The second-order valence-electron chi connectivity index (χ2n) is 6.62. The van der Waals surface area contributed by atoms with Crippen LogP contribution in [0.25, 0.3) is 0 Å². The number of hydrogen-bond donors (Lipinski definition) is 1. The fraction of sp³-hybridized carbons (Fsp3) is 0.381. The molecule has 2 aromatic carbocycles. The molecule has 0 aliphatic heterocycles. The predicted octanol–water partition coefficient (Wildman–Crippen LogP) is 4.51. The van der Waals surface area contributed by atoms with Gasteiger partial charge in [-0.05, 0) is 42.7 Å². The molecule has 152 valence electrons. The Kier molecular flexibility index (Phi) is 8.66. The molecule has 0 aliphatic carbocycles. The first-order chi connectivity index (χ1) is 13.4. The molecule has 1 amide bonds. The van der Waals surface area contributed by atoms with Crippen molar-refractivity contribution in [2.45, 2.75) is 44.0 Å². The van der Waals surface area contributed by atoms with Crippen LogP contribution in [0.4, 0.5) is 0 Å². The van der Waals surface area contributed by atoms with Crippen molar-refractivity contribution < 1.29 is 13.2 Å². The molecular formula is C21H27BrN2O3S. The summed E-state index contributed by atoms with van der Waals surface area (Å²) < 4.78 is 29.3. The van der Waals surface area contributed by atoms with Crippen molar-refractivity contribution in [2.24, 2.45) is 0 Å². The molecule has 1 N–H and O–H groups in total. The lowest BCUT2D eigenvalue weighted by Crippen LogP contribution is -2.37. The largest absolute Gasteiger partial charge is 0.343 e. The standard InChI is InChI=1S/C21H27BrN2O3S/c1-3-14-24(15-4-2)21(25)16-20(17-8-6-5-7-9-17)23-28(26,27)19-12-10-18(22)11-13-19/h5-13,20,23H,3-4,14-16H2,1-2H3. The van der Waals surface area contributed by atoms with E-state index in [9.17, 15) is 13.2 Å². The highest BCUT2D eigenvalue weighted by Crippen LogP contribution is 2.22. The Morgan fingerprint density at radius 2 is 1.57 bits per heavy atom. The van der Waals surface area contributed by atoms with Gasteiger partial charge in [-0.15, -0.1) is 0 Å². The fourth-order valence-corrected chi connectivity index (χ4v) is 4.48. The highest BCUT2D eigenvalue weighted by atomic mass is 79.9. The monoisotopic (exact) mass is 466 g/mol. The van der Waals surface area contributed by atoms with Crippen LogP contribution in [0.3, 0.4) is 0 Å². The molecule has 0 heterocycles. The van der Waals surface area contributed by atoms with Crippen LogP contribution in [0, 0.1) is 0 Å². The Morgan fingerprint density at radius 3 is 2.11 bits per heavy atom. The number of carbonyl (C=O) groups is 1. The average molecular weight is 467 g/mol.